The van der Waals surface area contributed by atoms with Crippen LogP contribution in [0.4, 0.5) is 13.2 Å². The molecule has 1 fully saturated rings. The minimum Gasteiger partial charge on any atom is -0.506 e. The molecule has 0 aliphatic heterocycles. The number of aromatic hydroxyl groups is 1. The predicted octanol–water partition coefficient (Wildman–Crippen LogP) is 4.33. The Morgan fingerprint density at radius 1 is 1.20 bits per heavy atom. The molecule has 6 heteroatoms. The second-order valence-corrected chi connectivity index (χ2v) is 6.25. The van der Waals surface area contributed by atoms with E-state index in [1.807, 2.05) is 0 Å². The first kappa shape index (κ1) is 15.6. The van der Waals surface area contributed by atoms with E-state index in [1.165, 1.54) is 0 Å². The maximum Gasteiger partial charge on any atom is 0.420 e. The van der Waals surface area contributed by atoms with Crippen LogP contribution in [0.2, 0.25) is 0 Å². The quantitative estimate of drug-likeness (QED) is 0.832. The Hall–Kier alpha value is -0.750. The molecule has 0 amide bonds. The zero-order valence-electron chi connectivity index (χ0n) is 10.9. The summed E-state index contributed by atoms with van der Waals surface area (Å²) in [5, 5.41) is 9.61. The third kappa shape index (κ3) is 2.81. The van der Waals surface area contributed by atoms with Gasteiger partial charge in [-0.05, 0) is 46.5 Å². The summed E-state index contributed by atoms with van der Waals surface area (Å²) in [6.45, 7) is 0.321. The summed E-state index contributed by atoms with van der Waals surface area (Å²) in [6, 6.07) is 2.63. The number of phenolic OH excluding ortho intramolecular Hbond substituents is 1. The number of hydrogen-bond donors (Lipinski definition) is 2. The first-order chi connectivity index (χ1) is 9.30. The number of alkyl halides is 3. The summed E-state index contributed by atoms with van der Waals surface area (Å²) in [5.41, 5.74) is 5.02. The molecule has 0 aromatic heterocycles. The van der Waals surface area contributed by atoms with Crippen LogP contribution in [0.25, 0.3) is 0 Å². The number of nitrogens with two attached hydrogens (primary N) is 1. The van der Waals surface area contributed by atoms with Gasteiger partial charge >= 0.3 is 6.18 Å². The van der Waals surface area contributed by atoms with E-state index >= 15 is 0 Å². The minimum absolute atomic E-state index is 0.0701. The molecule has 2 rings (SSSR count). The third-order valence-electron chi connectivity index (χ3n) is 4.18. The van der Waals surface area contributed by atoms with Crippen LogP contribution < -0.4 is 5.73 Å². The van der Waals surface area contributed by atoms with Gasteiger partial charge in [0.25, 0.3) is 0 Å². The molecular formula is C14H17BrF3NO. The van der Waals surface area contributed by atoms with Crippen molar-refractivity contribution in [2.45, 2.75) is 43.7 Å². The molecule has 112 valence electrons. The summed E-state index contributed by atoms with van der Waals surface area (Å²) in [4.78, 5) is 0. The highest BCUT2D eigenvalue weighted by atomic mass is 79.9. The second-order valence-electron chi connectivity index (χ2n) is 5.40. The van der Waals surface area contributed by atoms with Gasteiger partial charge < -0.3 is 10.8 Å². The molecule has 2 nitrogen and oxygen atoms in total. The molecule has 1 aliphatic rings. The normalized spacial score (nSPS) is 19.1. The molecule has 0 spiro atoms. The summed E-state index contributed by atoms with van der Waals surface area (Å²) >= 11 is 3.02. The number of phenols is 1. The number of benzene rings is 1. The van der Waals surface area contributed by atoms with Crippen LogP contribution in [0.15, 0.2) is 16.6 Å². The minimum atomic E-state index is -4.58. The van der Waals surface area contributed by atoms with Gasteiger partial charge in [0.15, 0.2) is 0 Å². The molecule has 1 aromatic rings. The molecule has 0 saturated heterocycles. The Bertz CT molecular complexity index is 496. The first-order valence-corrected chi connectivity index (χ1v) is 7.40. The largest absolute Gasteiger partial charge is 0.506 e. The van der Waals surface area contributed by atoms with E-state index in [1.54, 1.807) is 6.07 Å². The van der Waals surface area contributed by atoms with Gasteiger partial charge in [-0.1, -0.05) is 19.3 Å². The third-order valence-corrected chi connectivity index (χ3v) is 4.79. The number of hydrogen-bond acceptors (Lipinski definition) is 2. The fraction of sp³-hybridized carbons (Fsp3) is 0.571. The van der Waals surface area contributed by atoms with E-state index in [2.05, 4.69) is 15.9 Å². The van der Waals surface area contributed by atoms with Gasteiger partial charge in [0, 0.05) is 12.0 Å². The van der Waals surface area contributed by atoms with Crippen molar-refractivity contribution >= 4 is 15.9 Å². The highest BCUT2D eigenvalue weighted by molar-refractivity contribution is 9.10. The smallest absolute Gasteiger partial charge is 0.420 e. The lowest BCUT2D eigenvalue weighted by molar-refractivity contribution is -0.138. The van der Waals surface area contributed by atoms with Crippen molar-refractivity contribution in [2.24, 2.45) is 5.73 Å². The molecule has 1 aliphatic carbocycles. The van der Waals surface area contributed by atoms with Crippen LogP contribution in [-0.2, 0) is 11.6 Å². The van der Waals surface area contributed by atoms with Gasteiger partial charge in [0.1, 0.15) is 5.75 Å². The average molecular weight is 352 g/mol. The number of rotatable bonds is 2. The second kappa shape index (κ2) is 5.56. The predicted molar refractivity (Wildman–Crippen MR) is 74.6 cm³/mol. The fourth-order valence-electron chi connectivity index (χ4n) is 2.96. The fourth-order valence-corrected chi connectivity index (χ4v) is 3.42. The maximum atomic E-state index is 13.0. The average Bonchev–Trinajstić information content (AvgIpc) is 2.41. The molecule has 3 N–H and O–H groups in total. The summed E-state index contributed by atoms with van der Waals surface area (Å²) in [6.07, 6.45) is 0.0321. The van der Waals surface area contributed by atoms with Crippen molar-refractivity contribution in [3.8, 4) is 5.75 Å². The molecule has 0 atom stereocenters. The Morgan fingerprint density at radius 3 is 2.30 bits per heavy atom. The van der Waals surface area contributed by atoms with Crippen LogP contribution in [0.1, 0.15) is 43.2 Å². The van der Waals surface area contributed by atoms with Crippen LogP contribution in [0, 0.1) is 0 Å². The lowest BCUT2D eigenvalue weighted by Gasteiger charge is -2.37. The van der Waals surface area contributed by atoms with Gasteiger partial charge in [-0.3, -0.25) is 0 Å². The lowest BCUT2D eigenvalue weighted by Crippen LogP contribution is -2.37. The van der Waals surface area contributed by atoms with Crippen LogP contribution in [0.3, 0.4) is 0 Å². The summed E-state index contributed by atoms with van der Waals surface area (Å²) < 4.78 is 39.0. The molecule has 1 saturated carbocycles. The van der Waals surface area contributed by atoms with Crippen molar-refractivity contribution in [1.82, 2.24) is 0 Å². The van der Waals surface area contributed by atoms with Gasteiger partial charge in [-0.25, -0.2) is 0 Å². The van der Waals surface area contributed by atoms with Crippen molar-refractivity contribution < 1.29 is 18.3 Å². The summed E-state index contributed by atoms with van der Waals surface area (Å²) in [7, 11) is 0. The van der Waals surface area contributed by atoms with E-state index in [-0.39, 0.29) is 4.47 Å². The molecule has 0 bridgehead atoms. The van der Waals surface area contributed by atoms with Gasteiger partial charge in [-0.15, -0.1) is 0 Å². The number of halogens is 4. The van der Waals surface area contributed by atoms with Crippen LogP contribution >= 0.6 is 15.9 Å². The van der Waals surface area contributed by atoms with Crippen LogP contribution in [0.5, 0.6) is 5.75 Å². The molecule has 20 heavy (non-hydrogen) atoms. The van der Waals surface area contributed by atoms with Crippen molar-refractivity contribution in [3.63, 3.8) is 0 Å². The van der Waals surface area contributed by atoms with E-state index < -0.39 is 22.9 Å². The van der Waals surface area contributed by atoms with E-state index in [9.17, 15) is 18.3 Å². The SMILES string of the molecule is NCC1(c2cc(Br)c(O)c(C(F)(F)F)c2)CCCCC1. The van der Waals surface area contributed by atoms with Crippen molar-refractivity contribution in [1.29, 1.82) is 0 Å². The maximum absolute atomic E-state index is 13.0. The molecule has 1 aromatic carbocycles. The van der Waals surface area contributed by atoms with Crippen molar-refractivity contribution in [2.75, 3.05) is 6.54 Å². The molecule has 0 radical (unpaired) electrons. The Kier molecular flexibility index (Phi) is 4.35. The first-order valence-electron chi connectivity index (χ1n) is 6.60. The van der Waals surface area contributed by atoms with Crippen molar-refractivity contribution in [3.05, 3.63) is 27.7 Å². The Morgan fingerprint density at radius 2 is 1.80 bits per heavy atom. The zero-order valence-corrected chi connectivity index (χ0v) is 12.5. The highest BCUT2D eigenvalue weighted by Gasteiger charge is 2.39. The summed E-state index contributed by atoms with van der Waals surface area (Å²) in [5.74, 6) is -0.760. The molecule has 0 heterocycles. The van der Waals surface area contributed by atoms with Crippen LogP contribution in [-0.4, -0.2) is 11.7 Å². The van der Waals surface area contributed by atoms with Gasteiger partial charge in [-0.2, -0.15) is 13.2 Å². The highest BCUT2D eigenvalue weighted by Crippen LogP contribution is 2.45. The molecular weight excluding hydrogens is 335 g/mol. The van der Waals surface area contributed by atoms with E-state index in [0.717, 1.165) is 38.2 Å². The van der Waals surface area contributed by atoms with Gasteiger partial charge in [0.2, 0.25) is 0 Å². The Balaban J connectivity index is 2.54. The Labute approximate surface area is 124 Å². The van der Waals surface area contributed by atoms with E-state index in [4.69, 9.17) is 5.73 Å². The zero-order chi connectivity index (χ0) is 15.0. The van der Waals surface area contributed by atoms with Gasteiger partial charge in [0.05, 0.1) is 10.0 Å². The monoisotopic (exact) mass is 351 g/mol. The standard InChI is InChI=1S/C14H17BrF3NO/c15-11-7-9(6-10(12(11)20)14(16,17)18)13(8-19)4-2-1-3-5-13/h6-7,20H,1-5,8,19H2. The van der Waals surface area contributed by atoms with E-state index in [0.29, 0.717) is 12.1 Å². The lowest BCUT2D eigenvalue weighted by atomic mass is 9.69. The topological polar surface area (TPSA) is 46.2 Å². The molecule has 0 unspecified atom stereocenters.